The predicted molar refractivity (Wildman–Crippen MR) is 36.9 cm³/mol. The van der Waals surface area contributed by atoms with Crippen LogP contribution in [-0.2, 0) is 0 Å². The SMILES string of the molecule is B1CCC[IH]1. The summed E-state index contributed by atoms with van der Waals surface area (Å²) in [6, 6.07) is 0. The first kappa shape index (κ1) is 3.97. The van der Waals surface area contributed by atoms with Crippen molar-refractivity contribution in [1.82, 2.24) is 0 Å². The van der Waals surface area contributed by atoms with Gasteiger partial charge in [-0.05, 0) is 0 Å². The molecular weight excluding hydrogens is 174 g/mol. The molecule has 0 amide bonds. The number of hydrogen-bond acceptors (Lipinski definition) is 0. The summed E-state index contributed by atoms with van der Waals surface area (Å²) in [6.45, 7) is 0. The van der Waals surface area contributed by atoms with Crippen molar-refractivity contribution in [1.29, 1.82) is 0 Å². The first-order chi connectivity index (χ1) is 2.50. The van der Waals surface area contributed by atoms with Crippen molar-refractivity contribution in [3.05, 3.63) is 0 Å². The summed E-state index contributed by atoms with van der Waals surface area (Å²) in [4.78, 5) is 0. The molecule has 0 saturated carbocycles. The van der Waals surface area contributed by atoms with Gasteiger partial charge in [0.15, 0.2) is 0 Å². The van der Waals surface area contributed by atoms with E-state index in [1.165, 1.54) is 0 Å². The van der Waals surface area contributed by atoms with Crippen LogP contribution in [0.25, 0.3) is 0 Å². The fourth-order valence-corrected chi connectivity index (χ4v) is 3.42. The third kappa shape index (κ3) is 1.12. The van der Waals surface area contributed by atoms with E-state index in [1.807, 2.05) is 0 Å². The van der Waals surface area contributed by atoms with Gasteiger partial charge in [0, 0.05) is 0 Å². The molecule has 0 N–H and O–H groups in total. The van der Waals surface area contributed by atoms with Crippen LogP contribution in [0, 0.1) is 0 Å². The standard InChI is InChI=1S/C3H8BI/c1-2-4-5-3-1/h4-5H,1-3H2. The van der Waals surface area contributed by atoms with Crippen molar-refractivity contribution in [3.63, 3.8) is 0 Å². The van der Waals surface area contributed by atoms with E-state index in [4.69, 9.17) is 0 Å². The molecule has 0 aromatic rings. The van der Waals surface area contributed by atoms with Gasteiger partial charge in [-0.15, -0.1) is 0 Å². The average molecular weight is 182 g/mol. The summed E-state index contributed by atoms with van der Waals surface area (Å²) in [5, 5.41) is 1.63. The van der Waals surface area contributed by atoms with Crippen LogP contribution in [-0.4, -0.2) is 9.56 Å². The first-order valence-corrected chi connectivity index (χ1v) is 5.37. The van der Waals surface area contributed by atoms with Gasteiger partial charge in [-0.2, -0.15) is 0 Å². The zero-order valence-corrected chi connectivity index (χ0v) is 5.57. The molecule has 1 saturated heterocycles. The van der Waals surface area contributed by atoms with Crippen LogP contribution in [0.2, 0.25) is 6.32 Å². The Labute approximate surface area is 43.6 Å². The third-order valence-corrected chi connectivity index (χ3v) is 4.12. The Morgan fingerprint density at radius 1 is 1.60 bits per heavy atom. The van der Waals surface area contributed by atoms with Gasteiger partial charge in [0.25, 0.3) is 0 Å². The van der Waals surface area contributed by atoms with Crippen molar-refractivity contribution >= 4 is 26.1 Å². The number of halogens is 1. The summed E-state index contributed by atoms with van der Waals surface area (Å²) in [6.07, 6.45) is 3.12. The fraction of sp³-hybridized carbons (Fsp3) is 1.00. The van der Waals surface area contributed by atoms with E-state index in [1.54, 1.807) is 22.3 Å². The van der Waals surface area contributed by atoms with Crippen molar-refractivity contribution in [2.24, 2.45) is 0 Å². The Balaban J connectivity index is 2.08. The van der Waals surface area contributed by atoms with E-state index in [2.05, 4.69) is 0 Å². The summed E-state index contributed by atoms with van der Waals surface area (Å²) in [5.41, 5.74) is 0. The van der Waals surface area contributed by atoms with Crippen LogP contribution in [0.15, 0.2) is 0 Å². The van der Waals surface area contributed by atoms with Crippen molar-refractivity contribution in [2.45, 2.75) is 12.7 Å². The van der Waals surface area contributed by atoms with E-state index < -0.39 is 0 Å². The second-order valence-electron chi connectivity index (χ2n) is 1.32. The number of rotatable bonds is 0. The Hall–Kier alpha value is 0.795. The molecule has 30 valence electrons. The Morgan fingerprint density at radius 2 is 2.60 bits per heavy atom. The number of hydrogen-bond donors (Lipinski definition) is 0. The van der Waals surface area contributed by atoms with Crippen LogP contribution >= 0.6 is 21.0 Å². The van der Waals surface area contributed by atoms with Crippen LogP contribution < -0.4 is 0 Å². The molecule has 0 radical (unpaired) electrons. The Bertz CT molecular complexity index is 18.5. The van der Waals surface area contributed by atoms with Crippen molar-refractivity contribution in [2.75, 3.05) is 4.43 Å². The van der Waals surface area contributed by atoms with Crippen LogP contribution in [0.5, 0.6) is 0 Å². The molecule has 0 spiro atoms. The van der Waals surface area contributed by atoms with Gasteiger partial charge in [0.2, 0.25) is 0 Å². The first-order valence-electron chi connectivity index (χ1n) is 2.08. The third-order valence-electron chi connectivity index (χ3n) is 0.827. The summed E-state index contributed by atoms with van der Waals surface area (Å²) >= 11 is 0.604. The average Bonchev–Trinajstić information content (AvgIpc) is 1.76. The second-order valence-corrected chi connectivity index (χ2v) is 4.82. The molecule has 0 bridgehead atoms. The maximum atomic E-state index is 1.63. The zero-order valence-electron chi connectivity index (χ0n) is 3.24. The number of alkyl halides is 1. The van der Waals surface area contributed by atoms with E-state index in [0.29, 0.717) is 21.0 Å². The van der Waals surface area contributed by atoms with Gasteiger partial charge in [0.1, 0.15) is 0 Å². The predicted octanol–water partition coefficient (Wildman–Crippen LogP) is 0.863. The Kier molecular flexibility index (Phi) is 1.63. The molecule has 0 nitrogen and oxygen atoms in total. The molecule has 1 fully saturated rings. The summed E-state index contributed by atoms with van der Waals surface area (Å²) < 4.78 is 1.63. The molecule has 0 aromatic heterocycles. The van der Waals surface area contributed by atoms with Crippen LogP contribution in [0.3, 0.4) is 0 Å². The molecular formula is C3H8BI. The van der Waals surface area contributed by atoms with Gasteiger partial charge >= 0.3 is 43.3 Å². The zero-order chi connectivity index (χ0) is 3.54. The summed E-state index contributed by atoms with van der Waals surface area (Å²) in [5.74, 6) is 0. The quantitative estimate of drug-likeness (QED) is 0.296. The molecule has 1 heterocycles. The molecule has 0 aliphatic carbocycles. The van der Waals surface area contributed by atoms with Crippen LogP contribution in [0.1, 0.15) is 6.42 Å². The van der Waals surface area contributed by atoms with Gasteiger partial charge < -0.3 is 0 Å². The molecule has 1 rings (SSSR count). The van der Waals surface area contributed by atoms with E-state index in [9.17, 15) is 0 Å². The van der Waals surface area contributed by atoms with Crippen molar-refractivity contribution in [3.8, 4) is 0 Å². The van der Waals surface area contributed by atoms with Gasteiger partial charge in [-0.1, -0.05) is 0 Å². The topological polar surface area (TPSA) is 0 Å². The minimum atomic E-state index is 0.604. The van der Waals surface area contributed by atoms with Gasteiger partial charge in [-0.25, -0.2) is 0 Å². The normalized spacial score (nSPS) is 24.0. The minimum absolute atomic E-state index is 0.604. The summed E-state index contributed by atoms with van der Waals surface area (Å²) in [7, 11) is 0. The van der Waals surface area contributed by atoms with E-state index in [0.717, 1.165) is 0 Å². The second kappa shape index (κ2) is 2.06. The molecule has 5 heavy (non-hydrogen) atoms. The monoisotopic (exact) mass is 182 g/mol. The van der Waals surface area contributed by atoms with E-state index in [-0.39, 0.29) is 0 Å². The van der Waals surface area contributed by atoms with Crippen molar-refractivity contribution < 1.29 is 0 Å². The molecule has 1 aliphatic rings. The molecule has 0 unspecified atom stereocenters. The molecule has 2 heteroatoms. The molecule has 1 aliphatic heterocycles. The van der Waals surface area contributed by atoms with Crippen LogP contribution in [0.4, 0.5) is 0 Å². The molecule has 0 atom stereocenters. The fourth-order valence-electron chi connectivity index (χ4n) is 0.510. The molecule has 0 aromatic carbocycles. The van der Waals surface area contributed by atoms with Gasteiger partial charge in [-0.3, -0.25) is 0 Å². The maximum absolute atomic E-state index is 1.63. The van der Waals surface area contributed by atoms with E-state index >= 15 is 0 Å². The van der Waals surface area contributed by atoms with Gasteiger partial charge in [0.05, 0.1) is 0 Å². The Morgan fingerprint density at radius 3 is 2.80 bits per heavy atom.